The molecule has 0 bridgehead atoms. The maximum Gasteiger partial charge on any atom is 0.329 e. The van der Waals surface area contributed by atoms with Crippen molar-refractivity contribution in [3.8, 4) is 0 Å². The molecule has 2 aromatic rings. The summed E-state index contributed by atoms with van der Waals surface area (Å²) in [7, 11) is 0. The number of hydrogen-bond acceptors (Lipinski definition) is 2. The molecule has 2 aliphatic carbocycles. The average molecular weight is 354 g/mol. The molecule has 0 atom stereocenters. The molecule has 1 fully saturated rings. The molecule has 2 aromatic carbocycles. The molecule has 25 heavy (non-hydrogen) atoms. The molecule has 0 aliphatic heterocycles. The number of allylic oxidation sites excluding steroid dienone is 1. The van der Waals surface area contributed by atoms with E-state index in [0.29, 0.717) is 17.9 Å². The Hall–Kier alpha value is -2.26. The van der Waals surface area contributed by atoms with Crippen molar-refractivity contribution in [1.29, 1.82) is 0 Å². The second-order valence-corrected chi connectivity index (χ2v) is 7.54. The van der Waals surface area contributed by atoms with Crippen molar-refractivity contribution in [2.24, 2.45) is 0 Å². The van der Waals surface area contributed by atoms with Gasteiger partial charge < -0.3 is 10.4 Å². The number of fused-ring (bicyclic) bond motifs is 2. The first kappa shape index (κ1) is 16.2. The van der Waals surface area contributed by atoms with Gasteiger partial charge in [0.05, 0.1) is 0 Å². The van der Waals surface area contributed by atoms with Crippen LogP contribution >= 0.6 is 11.6 Å². The number of aliphatic carboxylic acids is 1. The van der Waals surface area contributed by atoms with E-state index in [0.717, 1.165) is 18.5 Å². The van der Waals surface area contributed by atoms with E-state index in [4.69, 9.17) is 11.6 Å². The standard InChI is InChI=1S/C21H20ClNO2/c22-16-5-3-6-17(14-16)23-21(19(24)25)12-10-20(11-13-21)9-8-15-4-1-2-7-18(15)20/h1-9,14,23H,10-13H2,(H,24,25). The van der Waals surface area contributed by atoms with Gasteiger partial charge in [0.1, 0.15) is 5.54 Å². The van der Waals surface area contributed by atoms with E-state index in [2.05, 4.69) is 35.7 Å². The number of halogens is 1. The summed E-state index contributed by atoms with van der Waals surface area (Å²) in [4.78, 5) is 12.1. The lowest BCUT2D eigenvalue weighted by Gasteiger charge is -2.43. The maximum atomic E-state index is 12.1. The fourth-order valence-corrected chi connectivity index (χ4v) is 4.42. The molecule has 0 unspecified atom stereocenters. The summed E-state index contributed by atoms with van der Waals surface area (Å²) in [5.74, 6) is -0.794. The largest absolute Gasteiger partial charge is 0.480 e. The summed E-state index contributed by atoms with van der Waals surface area (Å²) in [5.41, 5.74) is 2.38. The Kier molecular flexibility index (Phi) is 3.84. The number of nitrogens with one attached hydrogen (secondary N) is 1. The number of benzene rings is 2. The number of hydrogen-bond donors (Lipinski definition) is 2. The van der Waals surface area contributed by atoms with Crippen LogP contribution in [0.25, 0.3) is 6.08 Å². The third-order valence-electron chi connectivity index (χ3n) is 5.69. The van der Waals surface area contributed by atoms with Crippen LogP contribution in [-0.4, -0.2) is 16.6 Å². The lowest BCUT2D eigenvalue weighted by atomic mass is 9.65. The van der Waals surface area contributed by atoms with E-state index < -0.39 is 11.5 Å². The maximum absolute atomic E-state index is 12.1. The highest BCUT2D eigenvalue weighted by Gasteiger charge is 2.48. The van der Waals surface area contributed by atoms with Gasteiger partial charge in [-0.2, -0.15) is 0 Å². The summed E-state index contributed by atoms with van der Waals surface area (Å²) >= 11 is 6.05. The molecule has 0 aromatic heterocycles. The zero-order chi connectivity index (χ0) is 17.5. The average Bonchev–Trinajstić information content (AvgIpc) is 2.96. The molecule has 2 aliphatic rings. The van der Waals surface area contributed by atoms with Gasteiger partial charge in [-0.25, -0.2) is 4.79 Å². The fourth-order valence-electron chi connectivity index (χ4n) is 4.23. The van der Waals surface area contributed by atoms with E-state index in [9.17, 15) is 9.90 Å². The van der Waals surface area contributed by atoms with E-state index in [-0.39, 0.29) is 5.41 Å². The number of carboxylic acids is 1. The van der Waals surface area contributed by atoms with E-state index in [1.165, 1.54) is 11.1 Å². The molecule has 0 heterocycles. The van der Waals surface area contributed by atoms with Crippen LogP contribution in [0, 0.1) is 0 Å². The predicted octanol–water partition coefficient (Wildman–Crippen LogP) is 5.11. The molecule has 4 rings (SSSR count). The molecule has 4 heteroatoms. The summed E-state index contributed by atoms with van der Waals surface area (Å²) in [5, 5.41) is 13.8. The quantitative estimate of drug-likeness (QED) is 0.805. The lowest BCUT2D eigenvalue weighted by molar-refractivity contribution is -0.143. The van der Waals surface area contributed by atoms with Crippen molar-refractivity contribution in [1.82, 2.24) is 0 Å². The minimum atomic E-state index is -0.943. The molecular weight excluding hydrogens is 334 g/mol. The van der Waals surface area contributed by atoms with Gasteiger partial charge in [0, 0.05) is 16.1 Å². The normalized spacial score (nSPS) is 27.2. The second-order valence-electron chi connectivity index (χ2n) is 7.10. The van der Waals surface area contributed by atoms with Gasteiger partial charge in [-0.3, -0.25) is 0 Å². The summed E-state index contributed by atoms with van der Waals surface area (Å²) in [6, 6.07) is 15.7. The first-order chi connectivity index (χ1) is 12.0. The zero-order valence-corrected chi connectivity index (χ0v) is 14.6. The third-order valence-corrected chi connectivity index (χ3v) is 5.93. The van der Waals surface area contributed by atoms with Crippen LogP contribution in [0.15, 0.2) is 54.6 Å². The van der Waals surface area contributed by atoms with Gasteiger partial charge in [0.2, 0.25) is 0 Å². The molecule has 1 spiro atoms. The molecule has 0 radical (unpaired) electrons. The first-order valence-electron chi connectivity index (χ1n) is 8.59. The summed E-state index contributed by atoms with van der Waals surface area (Å²) in [6.45, 7) is 0. The third kappa shape index (κ3) is 2.73. The molecule has 0 amide bonds. The van der Waals surface area contributed by atoms with Crippen molar-refractivity contribution in [2.75, 3.05) is 5.32 Å². The highest BCUT2D eigenvalue weighted by molar-refractivity contribution is 6.30. The zero-order valence-electron chi connectivity index (χ0n) is 13.8. The van der Waals surface area contributed by atoms with E-state index in [1.54, 1.807) is 12.1 Å². The second kappa shape index (κ2) is 5.92. The number of rotatable bonds is 3. The Morgan fingerprint density at radius 2 is 1.80 bits per heavy atom. The van der Waals surface area contributed by atoms with Crippen molar-refractivity contribution < 1.29 is 9.90 Å². The minimum Gasteiger partial charge on any atom is -0.480 e. The smallest absolute Gasteiger partial charge is 0.329 e. The molecule has 3 nitrogen and oxygen atoms in total. The van der Waals surface area contributed by atoms with Gasteiger partial charge in [-0.1, -0.05) is 54.1 Å². The van der Waals surface area contributed by atoms with Gasteiger partial charge in [-0.05, 0) is 55.0 Å². The molecule has 2 N–H and O–H groups in total. The molecule has 1 saturated carbocycles. The van der Waals surface area contributed by atoms with E-state index in [1.807, 2.05) is 18.2 Å². The van der Waals surface area contributed by atoms with Gasteiger partial charge in [-0.15, -0.1) is 0 Å². The van der Waals surface area contributed by atoms with Gasteiger partial charge in [0.25, 0.3) is 0 Å². The van der Waals surface area contributed by atoms with Crippen LogP contribution in [-0.2, 0) is 10.2 Å². The van der Waals surface area contributed by atoms with Crippen molar-refractivity contribution in [2.45, 2.75) is 36.6 Å². The van der Waals surface area contributed by atoms with Gasteiger partial charge in [0.15, 0.2) is 0 Å². The lowest BCUT2D eigenvalue weighted by Crippen LogP contribution is -2.51. The van der Waals surface area contributed by atoms with Crippen molar-refractivity contribution >= 4 is 29.3 Å². The molecular formula is C21H20ClNO2. The summed E-state index contributed by atoms with van der Waals surface area (Å²) < 4.78 is 0. The van der Waals surface area contributed by atoms with Crippen LogP contribution in [0.1, 0.15) is 36.8 Å². The SMILES string of the molecule is O=C(O)C1(Nc2cccc(Cl)c2)CCC2(C=Cc3ccccc32)CC1. The molecule has 0 saturated heterocycles. The number of carboxylic acid groups (broad SMARTS) is 1. The van der Waals surface area contributed by atoms with Gasteiger partial charge >= 0.3 is 5.97 Å². The van der Waals surface area contributed by atoms with Crippen LogP contribution in [0.5, 0.6) is 0 Å². The van der Waals surface area contributed by atoms with Crippen molar-refractivity contribution in [3.05, 3.63) is 70.8 Å². The van der Waals surface area contributed by atoms with Crippen LogP contribution in [0.3, 0.4) is 0 Å². The van der Waals surface area contributed by atoms with Crippen LogP contribution < -0.4 is 5.32 Å². The Labute approximate surface area is 152 Å². The van der Waals surface area contributed by atoms with Crippen LogP contribution in [0.2, 0.25) is 5.02 Å². The number of anilines is 1. The topological polar surface area (TPSA) is 49.3 Å². The monoisotopic (exact) mass is 353 g/mol. The summed E-state index contributed by atoms with van der Waals surface area (Å²) in [6.07, 6.45) is 7.23. The van der Waals surface area contributed by atoms with Crippen molar-refractivity contribution in [3.63, 3.8) is 0 Å². The first-order valence-corrected chi connectivity index (χ1v) is 8.97. The minimum absolute atomic E-state index is 0.0223. The molecule has 128 valence electrons. The highest BCUT2D eigenvalue weighted by Crippen LogP contribution is 2.49. The highest BCUT2D eigenvalue weighted by atomic mass is 35.5. The Morgan fingerprint density at radius 1 is 1.04 bits per heavy atom. The number of carbonyl (C=O) groups is 1. The Morgan fingerprint density at radius 3 is 2.52 bits per heavy atom. The van der Waals surface area contributed by atoms with Crippen LogP contribution in [0.4, 0.5) is 5.69 Å². The van der Waals surface area contributed by atoms with E-state index >= 15 is 0 Å². The predicted molar refractivity (Wildman–Crippen MR) is 101 cm³/mol. The fraction of sp³-hybridized carbons (Fsp3) is 0.286. The Bertz CT molecular complexity index is 850. The Balaban J connectivity index is 1.60.